The Balaban J connectivity index is 1.84. The molecule has 20 heavy (non-hydrogen) atoms. The second-order valence-corrected chi connectivity index (χ2v) is 5.71. The molecule has 1 N–H and O–H groups in total. The van der Waals surface area contributed by atoms with E-state index in [2.05, 4.69) is 78.7 Å². The first kappa shape index (κ1) is 13.2. The molecule has 1 fully saturated rings. The van der Waals surface area contributed by atoms with E-state index in [-0.39, 0.29) is 0 Å². The summed E-state index contributed by atoms with van der Waals surface area (Å²) in [6.45, 7) is 6.49. The van der Waals surface area contributed by atoms with Crippen LogP contribution in [0.5, 0.6) is 0 Å². The first-order chi connectivity index (χ1) is 9.74. The molecule has 2 atom stereocenters. The molecule has 1 aliphatic heterocycles. The number of nitrogens with one attached hydrogen (secondary N) is 1. The van der Waals surface area contributed by atoms with Gasteiger partial charge in [0.1, 0.15) is 0 Å². The zero-order chi connectivity index (χ0) is 13.9. The Morgan fingerprint density at radius 3 is 2.60 bits per heavy atom. The maximum absolute atomic E-state index is 3.66. The summed E-state index contributed by atoms with van der Waals surface area (Å²) < 4.78 is 0. The van der Waals surface area contributed by atoms with Gasteiger partial charge < -0.3 is 10.2 Å². The summed E-state index contributed by atoms with van der Waals surface area (Å²) in [5.41, 5.74) is 4.03. The van der Waals surface area contributed by atoms with Crippen LogP contribution in [-0.2, 0) is 0 Å². The molecule has 3 rings (SSSR count). The number of nitrogens with zero attached hydrogens (tertiary/aromatic N) is 1. The molecular formula is C18H22N2. The van der Waals surface area contributed by atoms with Gasteiger partial charge in [0, 0.05) is 30.9 Å². The fraction of sp³-hybridized carbons (Fsp3) is 0.333. The second-order valence-electron chi connectivity index (χ2n) is 5.71. The molecule has 1 saturated heterocycles. The van der Waals surface area contributed by atoms with Crippen molar-refractivity contribution in [2.24, 2.45) is 0 Å². The predicted molar refractivity (Wildman–Crippen MR) is 85.2 cm³/mol. The molecule has 0 spiro atoms. The highest BCUT2D eigenvalue weighted by atomic mass is 15.2. The Morgan fingerprint density at radius 2 is 1.85 bits per heavy atom. The topological polar surface area (TPSA) is 15.3 Å². The van der Waals surface area contributed by atoms with Crippen LogP contribution >= 0.6 is 0 Å². The van der Waals surface area contributed by atoms with Gasteiger partial charge in [-0.15, -0.1) is 0 Å². The van der Waals surface area contributed by atoms with Gasteiger partial charge in [-0.1, -0.05) is 42.5 Å². The Labute approximate surface area is 121 Å². The lowest BCUT2D eigenvalue weighted by Crippen LogP contribution is -2.51. The number of benzene rings is 2. The molecule has 2 aromatic rings. The maximum Gasteiger partial charge on any atom is 0.0499 e. The van der Waals surface area contributed by atoms with Crippen LogP contribution in [0.15, 0.2) is 54.6 Å². The van der Waals surface area contributed by atoms with Crippen LogP contribution in [-0.4, -0.2) is 19.1 Å². The zero-order valence-corrected chi connectivity index (χ0v) is 12.2. The zero-order valence-electron chi connectivity index (χ0n) is 12.2. The van der Waals surface area contributed by atoms with Crippen LogP contribution in [0.3, 0.4) is 0 Å². The van der Waals surface area contributed by atoms with Crippen molar-refractivity contribution < 1.29 is 0 Å². The average Bonchev–Trinajstić information content (AvgIpc) is 2.48. The van der Waals surface area contributed by atoms with E-state index in [1.165, 1.54) is 16.8 Å². The standard InChI is InChI=1S/C18H22N2/c1-14-7-6-10-17(11-14)20-13-18(19-12-15(20)2)16-8-4-3-5-9-16/h3-11,15,18-19H,12-13H2,1-2H3. The first-order valence-corrected chi connectivity index (χ1v) is 7.35. The highest BCUT2D eigenvalue weighted by molar-refractivity contribution is 5.50. The number of anilines is 1. The van der Waals surface area contributed by atoms with Gasteiger partial charge in [-0.25, -0.2) is 0 Å². The number of piperazine rings is 1. The molecule has 0 aliphatic carbocycles. The maximum atomic E-state index is 3.66. The minimum Gasteiger partial charge on any atom is -0.366 e. The van der Waals surface area contributed by atoms with Crippen molar-refractivity contribution in [2.45, 2.75) is 25.9 Å². The van der Waals surface area contributed by atoms with Crippen LogP contribution in [0.2, 0.25) is 0 Å². The van der Waals surface area contributed by atoms with Crippen LogP contribution in [0.4, 0.5) is 5.69 Å². The molecule has 0 bridgehead atoms. The summed E-state index contributed by atoms with van der Waals surface area (Å²) in [4.78, 5) is 2.52. The quantitative estimate of drug-likeness (QED) is 0.894. The summed E-state index contributed by atoms with van der Waals surface area (Å²) in [6.07, 6.45) is 0. The first-order valence-electron chi connectivity index (χ1n) is 7.35. The summed E-state index contributed by atoms with van der Waals surface area (Å²) in [5.74, 6) is 0. The number of aryl methyl sites for hydroxylation is 1. The number of hydrogen-bond acceptors (Lipinski definition) is 2. The lowest BCUT2D eigenvalue weighted by Gasteiger charge is -2.40. The Bertz CT molecular complexity index is 565. The normalized spacial score (nSPS) is 22.8. The van der Waals surface area contributed by atoms with E-state index < -0.39 is 0 Å². The Hall–Kier alpha value is -1.80. The van der Waals surface area contributed by atoms with Gasteiger partial charge in [-0.3, -0.25) is 0 Å². The van der Waals surface area contributed by atoms with Crippen molar-refractivity contribution in [1.29, 1.82) is 0 Å². The van der Waals surface area contributed by atoms with E-state index in [0.717, 1.165) is 13.1 Å². The molecule has 2 heteroatoms. The molecule has 0 saturated carbocycles. The van der Waals surface area contributed by atoms with E-state index in [1.807, 2.05) is 0 Å². The summed E-state index contributed by atoms with van der Waals surface area (Å²) >= 11 is 0. The van der Waals surface area contributed by atoms with Crippen LogP contribution in [0.1, 0.15) is 24.1 Å². The average molecular weight is 266 g/mol. The van der Waals surface area contributed by atoms with Gasteiger partial charge in [-0.05, 0) is 37.1 Å². The highest BCUT2D eigenvalue weighted by Crippen LogP contribution is 2.25. The molecule has 1 heterocycles. The Kier molecular flexibility index (Phi) is 3.75. The van der Waals surface area contributed by atoms with Crippen molar-refractivity contribution in [3.8, 4) is 0 Å². The van der Waals surface area contributed by atoms with Gasteiger partial charge in [0.2, 0.25) is 0 Å². The van der Waals surface area contributed by atoms with Crippen molar-refractivity contribution in [2.75, 3.05) is 18.0 Å². The van der Waals surface area contributed by atoms with E-state index in [1.54, 1.807) is 0 Å². The molecule has 0 radical (unpaired) electrons. The molecular weight excluding hydrogens is 244 g/mol. The molecule has 0 amide bonds. The molecule has 1 aliphatic rings. The number of hydrogen-bond donors (Lipinski definition) is 1. The number of rotatable bonds is 2. The highest BCUT2D eigenvalue weighted by Gasteiger charge is 2.25. The van der Waals surface area contributed by atoms with E-state index in [9.17, 15) is 0 Å². The fourth-order valence-electron chi connectivity index (χ4n) is 2.94. The molecule has 0 aromatic heterocycles. The molecule has 2 nitrogen and oxygen atoms in total. The summed E-state index contributed by atoms with van der Waals surface area (Å²) in [6, 6.07) is 20.5. The smallest absolute Gasteiger partial charge is 0.0499 e. The van der Waals surface area contributed by atoms with Gasteiger partial charge in [-0.2, -0.15) is 0 Å². The fourth-order valence-corrected chi connectivity index (χ4v) is 2.94. The molecule has 2 unspecified atom stereocenters. The van der Waals surface area contributed by atoms with Crippen molar-refractivity contribution in [3.63, 3.8) is 0 Å². The van der Waals surface area contributed by atoms with Crippen LogP contribution in [0.25, 0.3) is 0 Å². The predicted octanol–water partition coefficient (Wildman–Crippen LogP) is 3.53. The third-order valence-electron chi connectivity index (χ3n) is 4.11. The third-order valence-corrected chi connectivity index (χ3v) is 4.11. The minimum atomic E-state index is 0.410. The SMILES string of the molecule is Cc1cccc(N2CC(c3ccccc3)NCC2C)c1. The molecule has 2 aromatic carbocycles. The summed E-state index contributed by atoms with van der Waals surface area (Å²) in [5, 5.41) is 3.66. The van der Waals surface area contributed by atoms with E-state index >= 15 is 0 Å². The van der Waals surface area contributed by atoms with E-state index in [0.29, 0.717) is 12.1 Å². The van der Waals surface area contributed by atoms with Crippen molar-refractivity contribution in [1.82, 2.24) is 5.32 Å². The lowest BCUT2D eigenvalue weighted by atomic mass is 10.0. The van der Waals surface area contributed by atoms with Gasteiger partial charge in [0.05, 0.1) is 0 Å². The lowest BCUT2D eigenvalue weighted by molar-refractivity contribution is 0.414. The van der Waals surface area contributed by atoms with Crippen LogP contribution in [0, 0.1) is 6.92 Å². The third kappa shape index (κ3) is 2.70. The Morgan fingerprint density at radius 1 is 1.05 bits per heavy atom. The second kappa shape index (κ2) is 5.68. The summed E-state index contributed by atoms with van der Waals surface area (Å²) in [7, 11) is 0. The van der Waals surface area contributed by atoms with Gasteiger partial charge >= 0.3 is 0 Å². The molecule has 104 valence electrons. The largest absolute Gasteiger partial charge is 0.366 e. The van der Waals surface area contributed by atoms with E-state index in [4.69, 9.17) is 0 Å². The van der Waals surface area contributed by atoms with Crippen molar-refractivity contribution in [3.05, 3.63) is 65.7 Å². The van der Waals surface area contributed by atoms with Gasteiger partial charge in [0.25, 0.3) is 0 Å². The van der Waals surface area contributed by atoms with Crippen molar-refractivity contribution >= 4 is 5.69 Å². The van der Waals surface area contributed by atoms with Gasteiger partial charge in [0.15, 0.2) is 0 Å². The van der Waals surface area contributed by atoms with Crippen LogP contribution < -0.4 is 10.2 Å². The minimum absolute atomic E-state index is 0.410. The monoisotopic (exact) mass is 266 g/mol.